The van der Waals surface area contributed by atoms with E-state index in [9.17, 15) is 13.2 Å². The Kier molecular flexibility index (Phi) is 7.43. The maximum Gasteiger partial charge on any atom is 0.251 e. The molecule has 1 saturated heterocycles. The molecule has 8 nitrogen and oxygen atoms in total. The fraction of sp³-hybridized carbons (Fsp3) is 0.400. The van der Waals surface area contributed by atoms with Gasteiger partial charge in [0.2, 0.25) is 10.0 Å². The monoisotopic (exact) mass is 481 g/mol. The average molecular weight is 482 g/mol. The number of nitrogens with one attached hydrogen (secondary N) is 1. The summed E-state index contributed by atoms with van der Waals surface area (Å²) in [6.45, 7) is 5.56. The van der Waals surface area contributed by atoms with E-state index in [1.807, 2.05) is 31.2 Å². The van der Waals surface area contributed by atoms with Gasteiger partial charge in [0, 0.05) is 37.6 Å². The van der Waals surface area contributed by atoms with Crippen molar-refractivity contribution >= 4 is 15.9 Å². The molecule has 3 heterocycles. The first-order valence-electron chi connectivity index (χ1n) is 11.7. The highest BCUT2D eigenvalue weighted by atomic mass is 32.2. The minimum absolute atomic E-state index is 0.152. The van der Waals surface area contributed by atoms with Crippen molar-refractivity contribution in [2.75, 3.05) is 13.1 Å². The number of rotatable bonds is 7. The molecular weight excluding hydrogens is 450 g/mol. The van der Waals surface area contributed by atoms with Gasteiger partial charge in [0.05, 0.1) is 17.9 Å². The minimum atomic E-state index is -3.57. The van der Waals surface area contributed by atoms with Crippen molar-refractivity contribution in [3.05, 3.63) is 76.9 Å². The normalized spacial score (nSPS) is 15.1. The summed E-state index contributed by atoms with van der Waals surface area (Å²) in [6, 6.07) is 11.0. The number of sulfonamides is 1. The van der Waals surface area contributed by atoms with E-state index in [1.165, 1.54) is 0 Å². The molecule has 0 bridgehead atoms. The number of hydrogen-bond donors (Lipinski definition) is 1. The predicted octanol–water partition coefficient (Wildman–Crippen LogP) is 3.44. The van der Waals surface area contributed by atoms with Crippen molar-refractivity contribution in [3.63, 3.8) is 0 Å². The number of hydrogen-bond acceptors (Lipinski definition) is 5. The Balaban J connectivity index is 1.45. The zero-order valence-corrected chi connectivity index (χ0v) is 20.5. The fourth-order valence-electron chi connectivity index (χ4n) is 4.34. The number of benzene rings is 1. The highest BCUT2D eigenvalue weighted by Crippen LogP contribution is 2.26. The van der Waals surface area contributed by atoms with Gasteiger partial charge in [0.15, 0.2) is 0 Å². The second-order valence-electron chi connectivity index (χ2n) is 8.71. The summed E-state index contributed by atoms with van der Waals surface area (Å²) in [5.74, 6) is -0.152. The molecule has 1 N–H and O–H groups in total. The van der Waals surface area contributed by atoms with Gasteiger partial charge >= 0.3 is 0 Å². The maximum atomic E-state index is 13.4. The van der Waals surface area contributed by atoms with Crippen molar-refractivity contribution in [1.29, 1.82) is 0 Å². The Morgan fingerprint density at radius 2 is 1.59 bits per heavy atom. The van der Waals surface area contributed by atoms with Gasteiger partial charge in [-0.25, -0.2) is 8.42 Å². The van der Waals surface area contributed by atoms with Crippen molar-refractivity contribution in [2.24, 2.45) is 0 Å². The first-order valence-corrected chi connectivity index (χ1v) is 13.1. The maximum absolute atomic E-state index is 13.4. The van der Waals surface area contributed by atoms with Crippen LogP contribution in [0, 0.1) is 13.8 Å². The van der Waals surface area contributed by atoms with E-state index in [-0.39, 0.29) is 5.91 Å². The lowest BCUT2D eigenvalue weighted by Crippen LogP contribution is -2.32. The number of carbonyl (C=O) groups is 1. The molecule has 1 aliphatic heterocycles. The van der Waals surface area contributed by atoms with Crippen LogP contribution >= 0.6 is 0 Å². The molecular formula is C25H31N5O3S. The molecule has 0 spiro atoms. The highest BCUT2D eigenvalue weighted by Gasteiger charge is 2.31. The summed E-state index contributed by atoms with van der Waals surface area (Å²) in [7, 11) is -3.57. The van der Waals surface area contributed by atoms with Gasteiger partial charge in [-0.05, 0) is 62.1 Å². The first kappa shape index (κ1) is 24.1. The summed E-state index contributed by atoms with van der Waals surface area (Å²) in [6.07, 6.45) is 7.32. The smallest absolute Gasteiger partial charge is 0.251 e. The van der Waals surface area contributed by atoms with Crippen LogP contribution in [-0.2, 0) is 23.1 Å². The van der Waals surface area contributed by atoms with E-state index in [2.05, 4.69) is 15.4 Å². The van der Waals surface area contributed by atoms with Gasteiger partial charge in [-0.3, -0.25) is 14.5 Å². The molecule has 34 heavy (non-hydrogen) atoms. The molecule has 2 aromatic heterocycles. The minimum Gasteiger partial charge on any atom is -0.348 e. The van der Waals surface area contributed by atoms with Gasteiger partial charge in [-0.2, -0.15) is 9.40 Å². The van der Waals surface area contributed by atoms with Crippen molar-refractivity contribution < 1.29 is 13.2 Å². The summed E-state index contributed by atoms with van der Waals surface area (Å²) in [4.78, 5) is 16.8. The fourth-order valence-corrected chi connectivity index (χ4v) is 6.23. The zero-order chi connectivity index (χ0) is 24.1. The predicted molar refractivity (Wildman–Crippen MR) is 130 cm³/mol. The van der Waals surface area contributed by atoms with Crippen LogP contribution in [0.25, 0.3) is 0 Å². The van der Waals surface area contributed by atoms with Crippen LogP contribution in [0.3, 0.4) is 0 Å². The molecule has 3 aromatic rings. The Labute approximate surface area is 201 Å². The van der Waals surface area contributed by atoms with Crippen LogP contribution in [0.15, 0.2) is 53.7 Å². The average Bonchev–Trinajstić information content (AvgIpc) is 3.01. The Morgan fingerprint density at radius 1 is 0.941 bits per heavy atom. The molecule has 180 valence electrons. The van der Waals surface area contributed by atoms with E-state index in [0.717, 1.165) is 36.8 Å². The van der Waals surface area contributed by atoms with Crippen LogP contribution in [0.2, 0.25) is 0 Å². The van der Waals surface area contributed by atoms with Crippen molar-refractivity contribution in [3.8, 4) is 0 Å². The number of nitrogens with zero attached hydrogens (tertiary/aromatic N) is 4. The van der Waals surface area contributed by atoms with Gasteiger partial charge < -0.3 is 5.32 Å². The Hall–Kier alpha value is -3.04. The summed E-state index contributed by atoms with van der Waals surface area (Å²) >= 11 is 0. The first-order chi connectivity index (χ1) is 16.4. The lowest BCUT2D eigenvalue weighted by atomic mass is 10.1. The topological polar surface area (TPSA) is 97.2 Å². The molecule has 1 aliphatic rings. The van der Waals surface area contributed by atoms with E-state index in [4.69, 9.17) is 0 Å². The third-order valence-electron chi connectivity index (χ3n) is 6.23. The van der Waals surface area contributed by atoms with Crippen molar-refractivity contribution in [2.45, 2.75) is 57.5 Å². The number of carbonyl (C=O) groups excluding carboxylic acids is 1. The van der Waals surface area contributed by atoms with E-state index >= 15 is 0 Å². The molecule has 1 aromatic carbocycles. The molecule has 1 fully saturated rings. The second-order valence-corrected chi connectivity index (χ2v) is 10.6. The molecule has 0 radical (unpaired) electrons. The number of amides is 1. The lowest BCUT2D eigenvalue weighted by molar-refractivity contribution is 0.0951. The van der Waals surface area contributed by atoms with Gasteiger partial charge in [-0.15, -0.1) is 0 Å². The standard InChI is InChI=1S/C25H31N5O3S/c1-19-24(34(32,33)29-15-5-3-4-6-16-29)20(2)30(28-19)18-22-7-9-23(10-8-22)25(31)27-17-21-11-13-26-14-12-21/h7-14H,3-6,15-18H2,1-2H3,(H,27,31). The van der Waals surface area contributed by atoms with Crippen LogP contribution in [-0.4, -0.2) is 46.5 Å². The number of pyridine rings is 1. The summed E-state index contributed by atoms with van der Waals surface area (Å²) in [5.41, 5.74) is 3.65. The Bertz CT molecular complexity index is 1230. The van der Waals surface area contributed by atoms with E-state index < -0.39 is 10.0 Å². The third-order valence-corrected chi connectivity index (χ3v) is 8.38. The van der Waals surface area contributed by atoms with Crippen LogP contribution < -0.4 is 5.32 Å². The van der Waals surface area contributed by atoms with Crippen LogP contribution in [0.4, 0.5) is 0 Å². The summed E-state index contributed by atoms with van der Waals surface area (Å²) in [5, 5.41) is 7.44. The van der Waals surface area contributed by atoms with Crippen LogP contribution in [0.1, 0.15) is 58.6 Å². The molecule has 0 aliphatic carbocycles. The van der Waals surface area contributed by atoms with E-state index in [0.29, 0.717) is 48.0 Å². The van der Waals surface area contributed by atoms with Gasteiger partial charge in [0.1, 0.15) is 4.90 Å². The molecule has 1 amide bonds. The zero-order valence-electron chi connectivity index (χ0n) is 19.7. The molecule has 0 saturated carbocycles. The SMILES string of the molecule is Cc1nn(Cc2ccc(C(=O)NCc3ccncc3)cc2)c(C)c1S(=O)(=O)N1CCCCCC1. The highest BCUT2D eigenvalue weighted by molar-refractivity contribution is 7.89. The Morgan fingerprint density at radius 3 is 2.24 bits per heavy atom. The van der Waals surface area contributed by atoms with Crippen molar-refractivity contribution in [1.82, 2.24) is 24.4 Å². The third kappa shape index (κ3) is 5.37. The summed E-state index contributed by atoms with van der Waals surface area (Å²) < 4.78 is 30.1. The second kappa shape index (κ2) is 10.5. The molecule has 0 unspecified atom stereocenters. The molecule has 0 atom stereocenters. The molecule has 9 heteroatoms. The largest absolute Gasteiger partial charge is 0.348 e. The quantitative estimate of drug-likeness (QED) is 0.558. The number of aromatic nitrogens is 3. The number of aryl methyl sites for hydroxylation is 1. The van der Waals surface area contributed by atoms with E-state index in [1.54, 1.807) is 40.4 Å². The lowest BCUT2D eigenvalue weighted by Gasteiger charge is -2.20. The van der Waals surface area contributed by atoms with Gasteiger partial charge in [-0.1, -0.05) is 25.0 Å². The van der Waals surface area contributed by atoms with Gasteiger partial charge in [0.25, 0.3) is 5.91 Å². The van der Waals surface area contributed by atoms with Crippen LogP contribution in [0.5, 0.6) is 0 Å². The molecule has 4 rings (SSSR count).